The van der Waals surface area contributed by atoms with Crippen LogP contribution < -0.4 is 10.8 Å². The van der Waals surface area contributed by atoms with Gasteiger partial charge in [-0.15, -0.1) is 0 Å². The van der Waals surface area contributed by atoms with Crippen LogP contribution in [0.15, 0.2) is 0 Å². The van der Waals surface area contributed by atoms with E-state index in [0.29, 0.717) is 25.9 Å². The SMILES string of the molecule is O=C(C[C@H]1CCCCCCCCCNC(=O)[C@@H]2CCCN2C1=O)NO. The number of nitrogens with one attached hydrogen (secondary N) is 2. The standard InChI is InChI=1S/C18H31N3O4/c22-16(20-25)13-14-9-6-4-2-1-3-5-7-11-19-17(23)15-10-8-12-21(15)18(14)24/h14-15,25H,1-13H2,(H,19,23)(H,20,22)/t14-,15+/m1/s1. The summed E-state index contributed by atoms with van der Waals surface area (Å²) >= 11 is 0. The van der Waals surface area contributed by atoms with Gasteiger partial charge in [-0.3, -0.25) is 19.6 Å². The molecule has 0 bridgehead atoms. The molecule has 2 aliphatic heterocycles. The van der Waals surface area contributed by atoms with Crippen molar-refractivity contribution in [2.75, 3.05) is 13.1 Å². The molecule has 2 aliphatic rings. The van der Waals surface area contributed by atoms with E-state index in [-0.39, 0.29) is 18.2 Å². The van der Waals surface area contributed by atoms with Crippen molar-refractivity contribution in [3.05, 3.63) is 0 Å². The Morgan fingerprint density at radius 3 is 2.44 bits per heavy atom. The zero-order valence-electron chi connectivity index (χ0n) is 15.0. The Morgan fingerprint density at radius 1 is 1.04 bits per heavy atom. The molecule has 0 spiro atoms. The molecule has 2 rings (SSSR count). The van der Waals surface area contributed by atoms with Gasteiger partial charge < -0.3 is 10.2 Å². The van der Waals surface area contributed by atoms with Crippen LogP contribution in [-0.2, 0) is 14.4 Å². The van der Waals surface area contributed by atoms with Gasteiger partial charge in [-0.25, -0.2) is 5.48 Å². The first-order chi connectivity index (χ1) is 12.1. The Kier molecular flexibility index (Phi) is 8.18. The molecule has 142 valence electrons. The molecule has 0 saturated carbocycles. The molecule has 25 heavy (non-hydrogen) atoms. The highest BCUT2D eigenvalue weighted by Crippen LogP contribution is 2.25. The molecule has 0 aliphatic carbocycles. The fourth-order valence-electron chi connectivity index (χ4n) is 3.85. The molecule has 0 aromatic heterocycles. The molecule has 7 heteroatoms. The van der Waals surface area contributed by atoms with E-state index in [4.69, 9.17) is 5.21 Å². The summed E-state index contributed by atoms with van der Waals surface area (Å²) in [6.45, 7) is 1.22. The van der Waals surface area contributed by atoms with Crippen LogP contribution in [0.25, 0.3) is 0 Å². The first kappa shape index (κ1) is 19.7. The lowest BCUT2D eigenvalue weighted by Gasteiger charge is -2.28. The van der Waals surface area contributed by atoms with Crippen molar-refractivity contribution in [3.8, 4) is 0 Å². The van der Waals surface area contributed by atoms with Crippen LogP contribution >= 0.6 is 0 Å². The Hall–Kier alpha value is -1.63. The lowest BCUT2D eigenvalue weighted by Crippen LogP contribution is -2.48. The molecule has 3 N–H and O–H groups in total. The van der Waals surface area contributed by atoms with E-state index in [1.165, 1.54) is 12.8 Å². The predicted octanol–water partition coefficient (Wildman–Crippen LogP) is 1.74. The minimum Gasteiger partial charge on any atom is -0.354 e. The number of carbonyl (C=O) groups excluding carboxylic acids is 3. The molecule has 0 radical (unpaired) electrons. The summed E-state index contributed by atoms with van der Waals surface area (Å²) in [5, 5.41) is 11.8. The third kappa shape index (κ3) is 5.99. The topological polar surface area (TPSA) is 98.7 Å². The lowest BCUT2D eigenvalue weighted by molar-refractivity contribution is -0.144. The normalized spacial score (nSPS) is 27.0. The van der Waals surface area contributed by atoms with Crippen LogP contribution in [0.5, 0.6) is 0 Å². The highest BCUT2D eigenvalue weighted by Gasteiger charge is 2.37. The van der Waals surface area contributed by atoms with Crippen molar-refractivity contribution in [1.82, 2.24) is 15.7 Å². The van der Waals surface area contributed by atoms with Crippen LogP contribution in [0, 0.1) is 5.92 Å². The summed E-state index contributed by atoms with van der Waals surface area (Å²) < 4.78 is 0. The van der Waals surface area contributed by atoms with Gasteiger partial charge in [0.25, 0.3) is 0 Å². The molecule has 2 atom stereocenters. The lowest BCUT2D eigenvalue weighted by atomic mass is 9.95. The highest BCUT2D eigenvalue weighted by atomic mass is 16.5. The second kappa shape index (κ2) is 10.4. The van der Waals surface area contributed by atoms with Crippen molar-refractivity contribution in [1.29, 1.82) is 0 Å². The smallest absolute Gasteiger partial charge is 0.244 e. The zero-order valence-corrected chi connectivity index (χ0v) is 15.0. The third-order valence-electron chi connectivity index (χ3n) is 5.27. The number of rotatable bonds is 2. The van der Waals surface area contributed by atoms with Gasteiger partial charge >= 0.3 is 0 Å². The number of carbonyl (C=O) groups is 3. The predicted molar refractivity (Wildman–Crippen MR) is 92.7 cm³/mol. The van der Waals surface area contributed by atoms with Gasteiger partial charge in [0.2, 0.25) is 17.7 Å². The van der Waals surface area contributed by atoms with E-state index in [1.54, 1.807) is 10.4 Å². The Morgan fingerprint density at radius 2 is 1.72 bits per heavy atom. The molecule has 2 saturated heterocycles. The first-order valence-corrected chi connectivity index (χ1v) is 9.64. The van der Waals surface area contributed by atoms with E-state index in [1.807, 2.05) is 0 Å². The summed E-state index contributed by atoms with van der Waals surface area (Å²) in [5.74, 6) is -1.22. The van der Waals surface area contributed by atoms with E-state index in [2.05, 4.69) is 5.32 Å². The summed E-state index contributed by atoms with van der Waals surface area (Å²) in [7, 11) is 0. The van der Waals surface area contributed by atoms with Crippen molar-refractivity contribution in [2.45, 2.75) is 76.7 Å². The second-order valence-corrected chi connectivity index (χ2v) is 7.18. The Bertz CT molecular complexity index is 469. The monoisotopic (exact) mass is 353 g/mol. The summed E-state index contributed by atoms with van der Waals surface area (Å²) in [4.78, 5) is 38.6. The van der Waals surface area contributed by atoms with Gasteiger partial charge in [0, 0.05) is 25.4 Å². The number of nitrogens with zero attached hydrogens (tertiary/aromatic N) is 1. The van der Waals surface area contributed by atoms with E-state index in [9.17, 15) is 14.4 Å². The molecule has 0 aromatic carbocycles. The minimum atomic E-state index is -0.545. The van der Waals surface area contributed by atoms with Crippen LogP contribution in [0.1, 0.15) is 70.6 Å². The highest BCUT2D eigenvalue weighted by molar-refractivity contribution is 5.91. The number of hydrogen-bond donors (Lipinski definition) is 3. The van der Waals surface area contributed by atoms with Crippen LogP contribution in [0.3, 0.4) is 0 Å². The molecular formula is C18H31N3O4. The molecule has 0 aromatic rings. The Balaban J connectivity index is 2.08. The first-order valence-electron chi connectivity index (χ1n) is 9.64. The van der Waals surface area contributed by atoms with Gasteiger partial charge in [-0.05, 0) is 25.7 Å². The average Bonchev–Trinajstić information content (AvgIpc) is 3.10. The van der Waals surface area contributed by atoms with E-state index < -0.39 is 17.9 Å². The Labute approximate surface area is 149 Å². The summed E-state index contributed by atoms with van der Waals surface area (Å²) in [5.41, 5.74) is 1.63. The zero-order chi connectivity index (χ0) is 18.1. The third-order valence-corrected chi connectivity index (χ3v) is 5.27. The largest absolute Gasteiger partial charge is 0.354 e. The van der Waals surface area contributed by atoms with Crippen molar-refractivity contribution in [2.24, 2.45) is 5.92 Å². The van der Waals surface area contributed by atoms with Crippen LogP contribution in [0.2, 0.25) is 0 Å². The summed E-state index contributed by atoms with van der Waals surface area (Å²) in [6, 6.07) is -0.419. The van der Waals surface area contributed by atoms with E-state index in [0.717, 1.165) is 38.5 Å². The van der Waals surface area contributed by atoms with Crippen molar-refractivity contribution in [3.63, 3.8) is 0 Å². The van der Waals surface area contributed by atoms with Gasteiger partial charge in [-0.2, -0.15) is 0 Å². The maximum Gasteiger partial charge on any atom is 0.244 e. The number of hydrogen-bond acceptors (Lipinski definition) is 4. The quantitative estimate of drug-likeness (QED) is 0.520. The van der Waals surface area contributed by atoms with Crippen molar-refractivity contribution >= 4 is 17.7 Å². The number of amides is 3. The van der Waals surface area contributed by atoms with Crippen LogP contribution in [0.4, 0.5) is 0 Å². The van der Waals surface area contributed by atoms with Gasteiger partial charge in [0.15, 0.2) is 0 Å². The maximum atomic E-state index is 12.9. The second-order valence-electron chi connectivity index (χ2n) is 7.18. The van der Waals surface area contributed by atoms with Gasteiger partial charge in [0.05, 0.1) is 0 Å². The fourth-order valence-corrected chi connectivity index (χ4v) is 3.85. The molecule has 3 amide bonds. The molecule has 2 fully saturated rings. The van der Waals surface area contributed by atoms with Gasteiger partial charge in [0.1, 0.15) is 6.04 Å². The van der Waals surface area contributed by atoms with Crippen LogP contribution in [-0.4, -0.2) is 47.0 Å². The number of fused-ring (bicyclic) bond motifs is 1. The molecule has 2 heterocycles. The van der Waals surface area contributed by atoms with Crippen molar-refractivity contribution < 1.29 is 19.6 Å². The number of hydroxylamine groups is 1. The minimum absolute atomic E-state index is 0.0276. The maximum absolute atomic E-state index is 12.9. The molecular weight excluding hydrogens is 322 g/mol. The van der Waals surface area contributed by atoms with Gasteiger partial charge in [-0.1, -0.05) is 38.5 Å². The average molecular weight is 353 g/mol. The fraction of sp³-hybridized carbons (Fsp3) is 0.833. The summed E-state index contributed by atoms with van der Waals surface area (Å²) in [6.07, 6.45) is 9.57. The van der Waals surface area contributed by atoms with E-state index >= 15 is 0 Å². The molecule has 0 unspecified atom stereocenters. The molecule has 7 nitrogen and oxygen atoms in total.